The summed E-state index contributed by atoms with van der Waals surface area (Å²) < 4.78 is 31.8. The summed E-state index contributed by atoms with van der Waals surface area (Å²) >= 11 is 0. The molecule has 3 rings (SSSR count). The molecule has 2 aromatic rings. The fourth-order valence-electron chi connectivity index (χ4n) is 3.92. The lowest BCUT2D eigenvalue weighted by atomic mass is 10.0. The average Bonchev–Trinajstić information content (AvgIpc) is 3.22. The van der Waals surface area contributed by atoms with E-state index < -0.39 is 10.0 Å². The highest BCUT2D eigenvalue weighted by Gasteiger charge is 2.24. The number of anilines is 1. The molecule has 1 aromatic carbocycles. The number of nitrogens with one attached hydrogen (secondary N) is 2. The van der Waals surface area contributed by atoms with Crippen LogP contribution in [0.2, 0.25) is 0 Å². The van der Waals surface area contributed by atoms with Gasteiger partial charge >= 0.3 is 0 Å². The molecule has 0 radical (unpaired) electrons. The summed E-state index contributed by atoms with van der Waals surface area (Å²) in [6.07, 6.45) is 3.00. The number of hydrogen-bond acceptors (Lipinski definition) is 6. The van der Waals surface area contributed by atoms with Crippen LogP contribution in [0.15, 0.2) is 45.9 Å². The van der Waals surface area contributed by atoms with Crippen LogP contribution >= 0.6 is 0 Å². The maximum atomic E-state index is 12.6. The van der Waals surface area contributed by atoms with Gasteiger partial charge in [-0.15, -0.1) is 0 Å². The number of nitrogens with zero attached hydrogens (tertiary/aromatic N) is 2. The van der Waals surface area contributed by atoms with E-state index in [4.69, 9.17) is 4.42 Å². The molecule has 0 aliphatic carbocycles. The molecule has 2 N–H and O–H groups in total. The Morgan fingerprint density at radius 3 is 2.27 bits per heavy atom. The minimum absolute atomic E-state index is 0.0432. The Balaban J connectivity index is 1.46. The second-order valence-electron chi connectivity index (χ2n) is 8.12. The molecule has 0 bridgehead atoms. The zero-order valence-electron chi connectivity index (χ0n) is 19.3. The smallest absolute Gasteiger partial charge is 0.287 e. The minimum atomic E-state index is -3.52. The summed E-state index contributed by atoms with van der Waals surface area (Å²) in [5, 5.41) is 5.82. The number of amides is 2. The van der Waals surface area contributed by atoms with Gasteiger partial charge in [0.05, 0.1) is 17.7 Å². The van der Waals surface area contributed by atoms with Crippen LogP contribution in [0.25, 0.3) is 0 Å². The van der Waals surface area contributed by atoms with Crippen LogP contribution in [0.3, 0.4) is 0 Å². The molecule has 1 aromatic heterocycles. The summed E-state index contributed by atoms with van der Waals surface area (Å²) in [6, 6.07) is 8.03. The van der Waals surface area contributed by atoms with Crippen LogP contribution in [-0.4, -0.2) is 68.2 Å². The van der Waals surface area contributed by atoms with Gasteiger partial charge in [0.1, 0.15) is 0 Å². The highest BCUT2D eigenvalue weighted by Crippen LogP contribution is 2.19. The van der Waals surface area contributed by atoms with Crippen molar-refractivity contribution in [2.75, 3.05) is 38.0 Å². The Kier molecular flexibility index (Phi) is 8.28. The van der Waals surface area contributed by atoms with E-state index >= 15 is 0 Å². The van der Waals surface area contributed by atoms with Crippen LogP contribution in [0.5, 0.6) is 0 Å². The lowest BCUT2D eigenvalue weighted by Gasteiger charge is -2.31. The van der Waals surface area contributed by atoms with E-state index in [2.05, 4.69) is 10.6 Å². The first kappa shape index (κ1) is 24.9. The Morgan fingerprint density at radius 1 is 1.09 bits per heavy atom. The molecule has 1 aliphatic heterocycles. The third-order valence-corrected chi connectivity index (χ3v) is 7.90. The molecule has 0 atom stereocenters. The number of likely N-dealkylation sites (tertiary alicyclic amines) is 1. The SMILES string of the molecule is CCN(CC)S(=O)(=O)c1ccc(NC(=O)CN2CCC(NC(=O)c3occc3C)CC2)cc1. The minimum Gasteiger partial charge on any atom is -0.459 e. The molecule has 0 unspecified atom stereocenters. The van der Waals surface area contributed by atoms with E-state index in [9.17, 15) is 18.0 Å². The normalized spacial score (nSPS) is 15.5. The first-order chi connectivity index (χ1) is 15.7. The molecule has 10 heteroatoms. The molecule has 1 saturated heterocycles. The van der Waals surface area contributed by atoms with Gasteiger partial charge in [0, 0.05) is 43.5 Å². The van der Waals surface area contributed by atoms with Gasteiger partial charge in [-0.3, -0.25) is 14.5 Å². The zero-order chi connectivity index (χ0) is 24.0. The Labute approximate surface area is 195 Å². The van der Waals surface area contributed by atoms with Crippen LogP contribution in [0.4, 0.5) is 5.69 Å². The van der Waals surface area contributed by atoms with Crippen molar-refractivity contribution in [2.24, 2.45) is 0 Å². The van der Waals surface area contributed by atoms with Gasteiger partial charge in [-0.05, 0) is 50.1 Å². The zero-order valence-corrected chi connectivity index (χ0v) is 20.2. The second-order valence-corrected chi connectivity index (χ2v) is 10.1. The highest BCUT2D eigenvalue weighted by molar-refractivity contribution is 7.89. The first-order valence-electron chi connectivity index (χ1n) is 11.2. The topological polar surface area (TPSA) is 112 Å². The van der Waals surface area contributed by atoms with Crippen molar-refractivity contribution in [3.05, 3.63) is 47.9 Å². The molecule has 1 fully saturated rings. The lowest BCUT2D eigenvalue weighted by Crippen LogP contribution is -2.46. The van der Waals surface area contributed by atoms with Crippen molar-refractivity contribution in [3.63, 3.8) is 0 Å². The van der Waals surface area contributed by atoms with E-state index in [1.54, 1.807) is 32.0 Å². The molecule has 180 valence electrons. The van der Waals surface area contributed by atoms with Gasteiger partial charge in [0.25, 0.3) is 5.91 Å². The monoisotopic (exact) mass is 476 g/mol. The van der Waals surface area contributed by atoms with Crippen molar-refractivity contribution in [3.8, 4) is 0 Å². The number of carbonyl (C=O) groups excluding carboxylic acids is 2. The fraction of sp³-hybridized carbons (Fsp3) is 0.478. The standard InChI is InChI=1S/C23H32N4O5S/c1-4-27(5-2)33(30,31)20-8-6-18(7-9-20)24-21(28)16-26-13-10-19(11-14-26)25-23(29)22-17(3)12-15-32-22/h6-9,12,15,19H,4-5,10-11,13-14,16H2,1-3H3,(H,24,28)(H,25,29). The van der Waals surface area contributed by atoms with Crippen molar-refractivity contribution in [1.29, 1.82) is 0 Å². The van der Waals surface area contributed by atoms with Crippen molar-refractivity contribution >= 4 is 27.5 Å². The number of aryl methyl sites for hydroxylation is 1. The van der Waals surface area contributed by atoms with Crippen LogP contribution in [0.1, 0.15) is 42.8 Å². The molecular weight excluding hydrogens is 444 g/mol. The molecule has 2 amide bonds. The number of piperidine rings is 1. The fourth-order valence-corrected chi connectivity index (χ4v) is 5.38. The molecule has 2 heterocycles. The summed E-state index contributed by atoms with van der Waals surface area (Å²) in [5.41, 5.74) is 1.36. The van der Waals surface area contributed by atoms with Gasteiger partial charge in [-0.1, -0.05) is 13.8 Å². The van der Waals surface area contributed by atoms with Gasteiger partial charge in [-0.2, -0.15) is 4.31 Å². The van der Waals surface area contributed by atoms with Gasteiger partial charge in [0.2, 0.25) is 15.9 Å². The average molecular weight is 477 g/mol. The number of carbonyl (C=O) groups is 2. The third kappa shape index (κ3) is 6.21. The number of furan rings is 1. The van der Waals surface area contributed by atoms with Crippen molar-refractivity contribution in [2.45, 2.75) is 44.6 Å². The van der Waals surface area contributed by atoms with E-state index in [0.717, 1.165) is 18.4 Å². The van der Waals surface area contributed by atoms with E-state index in [-0.39, 0.29) is 29.3 Å². The van der Waals surface area contributed by atoms with Crippen molar-refractivity contribution < 1.29 is 22.4 Å². The van der Waals surface area contributed by atoms with E-state index in [0.29, 0.717) is 37.6 Å². The van der Waals surface area contributed by atoms with Crippen LogP contribution < -0.4 is 10.6 Å². The quantitative estimate of drug-likeness (QED) is 0.575. The molecular formula is C23H32N4O5S. The lowest BCUT2D eigenvalue weighted by molar-refractivity contribution is -0.117. The van der Waals surface area contributed by atoms with Gasteiger partial charge in [-0.25, -0.2) is 8.42 Å². The molecule has 0 spiro atoms. The van der Waals surface area contributed by atoms with Gasteiger partial charge in [0.15, 0.2) is 5.76 Å². The Bertz CT molecular complexity index is 1050. The summed E-state index contributed by atoms with van der Waals surface area (Å²) in [5.74, 6) is -0.0316. The van der Waals surface area contributed by atoms with Crippen LogP contribution in [0, 0.1) is 6.92 Å². The Hall–Kier alpha value is -2.69. The molecule has 0 saturated carbocycles. The Morgan fingerprint density at radius 2 is 1.73 bits per heavy atom. The van der Waals surface area contributed by atoms with E-state index in [1.807, 2.05) is 11.8 Å². The summed E-state index contributed by atoms with van der Waals surface area (Å²) in [7, 11) is -3.52. The molecule has 33 heavy (non-hydrogen) atoms. The summed E-state index contributed by atoms with van der Waals surface area (Å²) in [6.45, 7) is 7.85. The number of sulfonamides is 1. The van der Waals surface area contributed by atoms with E-state index in [1.165, 1.54) is 22.7 Å². The summed E-state index contributed by atoms with van der Waals surface area (Å²) in [4.78, 5) is 27.0. The first-order valence-corrected chi connectivity index (χ1v) is 12.7. The highest BCUT2D eigenvalue weighted by atomic mass is 32.2. The second kappa shape index (κ2) is 11.0. The predicted molar refractivity (Wildman–Crippen MR) is 126 cm³/mol. The number of hydrogen-bond donors (Lipinski definition) is 2. The maximum Gasteiger partial charge on any atom is 0.287 e. The largest absolute Gasteiger partial charge is 0.459 e. The number of benzene rings is 1. The van der Waals surface area contributed by atoms with Crippen LogP contribution in [-0.2, 0) is 14.8 Å². The third-order valence-electron chi connectivity index (χ3n) is 5.84. The number of rotatable bonds is 9. The molecule has 9 nitrogen and oxygen atoms in total. The molecule has 1 aliphatic rings. The predicted octanol–water partition coefficient (Wildman–Crippen LogP) is 2.45. The van der Waals surface area contributed by atoms with Crippen molar-refractivity contribution in [1.82, 2.24) is 14.5 Å². The maximum absolute atomic E-state index is 12.6. The van der Waals surface area contributed by atoms with Gasteiger partial charge < -0.3 is 15.1 Å².